The van der Waals surface area contributed by atoms with Gasteiger partial charge in [-0.2, -0.15) is 5.26 Å². The molecule has 20 heavy (non-hydrogen) atoms. The van der Waals surface area contributed by atoms with E-state index in [1.807, 2.05) is 6.07 Å². The van der Waals surface area contributed by atoms with E-state index < -0.39 is 5.97 Å². The molecule has 1 aromatic heterocycles. The maximum atomic E-state index is 11.4. The number of methoxy groups -OCH3 is 1. The minimum Gasteiger partial charge on any atom is -0.465 e. The SMILES string of the molecule is COC(=O)c1ccnc(Nc2ccc(C#N)cc2Cl)c1. The third-order valence-corrected chi connectivity index (χ3v) is 2.85. The highest BCUT2D eigenvalue weighted by Gasteiger charge is 2.08. The van der Waals surface area contributed by atoms with Crippen LogP contribution in [0.2, 0.25) is 5.02 Å². The van der Waals surface area contributed by atoms with Crippen LogP contribution in [0.1, 0.15) is 15.9 Å². The first kappa shape index (κ1) is 13.8. The number of benzene rings is 1. The summed E-state index contributed by atoms with van der Waals surface area (Å²) in [7, 11) is 1.31. The van der Waals surface area contributed by atoms with Crippen LogP contribution in [0.25, 0.3) is 0 Å². The lowest BCUT2D eigenvalue weighted by Crippen LogP contribution is -2.03. The number of nitrogens with zero attached hydrogens (tertiary/aromatic N) is 2. The Morgan fingerprint density at radius 3 is 2.85 bits per heavy atom. The van der Waals surface area contributed by atoms with Crippen molar-refractivity contribution < 1.29 is 9.53 Å². The first-order valence-corrected chi connectivity index (χ1v) is 6.03. The number of pyridine rings is 1. The van der Waals surface area contributed by atoms with Gasteiger partial charge in [-0.15, -0.1) is 0 Å². The molecule has 0 saturated carbocycles. The van der Waals surface area contributed by atoms with Crippen molar-refractivity contribution in [2.75, 3.05) is 12.4 Å². The van der Waals surface area contributed by atoms with Crippen LogP contribution in [-0.2, 0) is 4.74 Å². The standard InChI is InChI=1S/C14H10ClN3O2/c1-20-14(19)10-4-5-17-13(7-10)18-12-3-2-9(8-16)6-11(12)15/h2-7H,1H3,(H,17,18). The fraction of sp³-hybridized carbons (Fsp3) is 0.0714. The lowest BCUT2D eigenvalue weighted by atomic mass is 10.2. The second kappa shape index (κ2) is 6.04. The number of anilines is 2. The van der Waals surface area contributed by atoms with Crippen LogP contribution in [0.15, 0.2) is 36.5 Å². The molecule has 1 heterocycles. The van der Waals surface area contributed by atoms with Gasteiger partial charge in [0.05, 0.1) is 35.0 Å². The van der Waals surface area contributed by atoms with E-state index >= 15 is 0 Å². The molecule has 100 valence electrons. The quantitative estimate of drug-likeness (QED) is 0.878. The van der Waals surface area contributed by atoms with E-state index in [9.17, 15) is 4.79 Å². The molecule has 1 aromatic carbocycles. The average Bonchev–Trinajstić information content (AvgIpc) is 2.48. The number of rotatable bonds is 3. The van der Waals surface area contributed by atoms with Gasteiger partial charge in [0.25, 0.3) is 0 Å². The zero-order chi connectivity index (χ0) is 14.5. The van der Waals surface area contributed by atoms with Crippen LogP contribution >= 0.6 is 11.6 Å². The van der Waals surface area contributed by atoms with Gasteiger partial charge in [-0.05, 0) is 30.3 Å². The molecule has 2 rings (SSSR count). The first-order valence-electron chi connectivity index (χ1n) is 5.65. The molecule has 0 unspecified atom stereocenters. The Balaban J connectivity index is 2.26. The molecule has 0 radical (unpaired) electrons. The number of carbonyl (C=O) groups is 1. The normalized spacial score (nSPS) is 9.65. The summed E-state index contributed by atoms with van der Waals surface area (Å²) in [5, 5.41) is 12.2. The molecule has 0 atom stereocenters. The number of hydrogen-bond acceptors (Lipinski definition) is 5. The van der Waals surface area contributed by atoms with Crippen molar-refractivity contribution in [3.63, 3.8) is 0 Å². The smallest absolute Gasteiger partial charge is 0.338 e. The number of halogens is 1. The average molecular weight is 288 g/mol. The van der Waals surface area contributed by atoms with Crippen LogP contribution in [0.4, 0.5) is 11.5 Å². The molecule has 0 bridgehead atoms. The minimum absolute atomic E-state index is 0.384. The highest BCUT2D eigenvalue weighted by molar-refractivity contribution is 6.33. The number of esters is 1. The lowest BCUT2D eigenvalue weighted by Gasteiger charge is -2.08. The van der Waals surface area contributed by atoms with Crippen molar-refractivity contribution in [3.05, 3.63) is 52.7 Å². The van der Waals surface area contributed by atoms with Crippen LogP contribution in [0, 0.1) is 11.3 Å². The highest BCUT2D eigenvalue weighted by Crippen LogP contribution is 2.25. The summed E-state index contributed by atoms with van der Waals surface area (Å²) in [6, 6.07) is 9.97. The van der Waals surface area contributed by atoms with Gasteiger partial charge in [0.2, 0.25) is 0 Å². The van der Waals surface area contributed by atoms with Gasteiger partial charge in [0, 0.05) is 6.20 Å². The Morgan fingerprint density at radius 1 is 1.40 bits per heavy atom. The zero-order valence-electron chi connectivity index (χ0n) is 10.6. The second-order valence-corrected chi connectivity index (χ2v) is 4.26. The van der Waals surface area contributed by atoms with E-state index in [0.29, 0.717) is 27.7 Å². The molecule has 1 N–H and O–H groups in total. The molecule has 2 aromatic rings. The van der Waals surface area contributed by atoms with Crippen molar-refractivity contribution in [2.24, 2.45) is 0 Å². The molecule has 6 heteroatoms. The van der Waals surface area contributed by atoms with Gasteiger partial charge in [0.15, 0.2) is 0 Å². The Bertz CT molecular complexity index is 695. The summed E-state index contributed by atoms with van der Waals surface area (Å²) in [4.78, 5) is 15.5. The Kier molecular flexibility index (Phi) is 4.18. The van der Waals surface area contributed by atoms with Gasteiger partial charge < -0.3 is 10.1 Å². The number of nitrogens with one attached hydrogen (secondary N) is 1. The van der Waals surface area contributed by atoms with Crippen LogP contribution in [-0.4, -0.2) is 18.1 Å². The summed E-state index contributed by atoms with van der Waals surface area (Å²) in [6.45, 7) is 0. The van der Waals surface area contributed by atoms with Crippen molar-refractivity contribution >= 4 is 29.1 Å². The molecular formula is C14H10ClN3O2. The van der Waals surface area contributed by atoms with E-state index in [1.165, 1.54) is 13.3 Å². The molecule has 5 nitrogen and oxygen atoms in total. The number of hydrogen-bond donors (Lipinski definition) is 1. The van der Waals surface area contributed by atoms with Crippen molar-refractivity contribution in [1.29, 1.82) is 5.26 Å². The summed E-state index contributed by atoms with van der Waals surface area (Å²) in [5.41, 5.74) is 1.45. The van der Waals surface area contributed by atoms with Crippen LogP contribution in [0.3, 0.4) is 0 Å². The van der Waals surface area contributed by atoms with E-state index in [4.69, 9.17) is 16.9 Å². The fourth-order valence-electron chi connectivity index (χ4n) is 1.57. The van der Waals surface area contributed by atoms with E-state index in [1.54, 1.807) is 30.3 Å². The number of ether oxygens (including phenoxy) is 1. The molecular weight excluding hydrogens is 278 g/mol. The van der Waals surface area contributed by atoms with Crippen molar-refractivity contribution in [2.45, 2.75) is 0 Å². The van der Waals surface area contributed by atoms with E-state index in [0.717, 1.165) is 0 Å². The number of aromatic nitrogens is 1. The Morgan fingerprint density at radius 2 is 2.20 bits per heavy atom. The predicted octanol–water partition coefficient (Wildman–Crippen LogP) is 3.14. The molecule has 0 saturated heterocycles. The Hall–Kier alpha value is -2.58. The van der Waals surface area contributed by atoms with E-state index in [-0.39, 0.29) is 0 Å². The maximum absolute atomic E-state index is 11.4. The number of nitriles is 1. The van der Waals surface area contributed by atoms with Gasteiger partial charge in [0.1, 0.15) is 5.82 Å². The van der Waals surface area contributed by atoms with Crippen LogP contribution in [0.5, 0.6) is 0 Å². The van der Waals surface area contributed by atoms with Crippen molar-refractivity contribution in [3.8, 4) is 6.07 Å². The molecule has 0 amide bonds. The van der Waals surface area contributed by atoms with E-state index in [2.05, 4.69) is 15.0 Å². The highest BCUT2D eigenvalue weighted by atomic mass is 35.5. The van der Waals surface area contributed by atoms with Gasteiger partial charge in [-0.1, -0.05) is 11.6 Å². The Labute approximate surface area is 120 Å². The third kappa shape index (κ3) is 3.05. The second-order valence-electron chi connectivity index (χ2n) is 3.85. The third-order valence-electron chi connectivity index (χ3n) is 2.54. The zero-order valence-corrected chi connectivity index (χ0v) is 11.3. The minimum atomic E-state index is -0.443. The number of carbonyl (C=O) groups excluding carboxylic acids is 1. The molecule has 0 spiro atoms. The maximum Gasteiger partial charge on any atom is 0.338 e. The molecule has 0 aliphatic heterocycles. The van der Waals surface area contributed by atoms with Gasteiger partial charge in [-0.25, -0.2) is 9.78 Å². The summed E-state index contributed by atoms with van der Waals surface area (Å²) in [5.74, 6) is 0.0147. The summed E-state index contributed by atoms with van der Waals surface area (Å²) < 4.78 is 4.64. The van der Waals surface area contributed by atoms with Gasteiger partial charge >= 0.3 is 5.97 Å². The monoisotopic (exact) mass is 287 g/mol. The molecule has 0 aliphatic carbocycles. The molecule has 0 fully saturated rings. The molecule has 0 aliphatic rings. The van der Waals surface area contributed by atoms with Crippen LogP contribution < -0.4 is 5.32 Å². The first-order chi connectivity index (χ1) is 9.63. The summed E-state index contributed by atoms with van der Waals surface area (Å²) in [6.07, 6.45) is 1.49. The summed E-state index contributed by atoms with van der Waals surface area (Å²) >= 11 is 6.05. The topological polar surface area (TPSA) is 75.0 Å². The van der Waals surface area contributed by atoms with Crippen molar-refractivity contribution in [1.82, 2.24) is 4.98 Å². The fourth-order valence-corrected chi connectivity index (χ4v) is 1.80. The largest absolute Gasteiger partial charge is 0.465 e. The lowest BCUT2D eigenvalue weighted by molar-refractivity contribution is 0.0600. The predicted molar refractivity (Wildman–Crippen MR) is 75.0 cm³/mol. The van der Waals surface area contributed by atoms with Gasteiger partial charge in [-0.3, -0.25) is 0 Å².